The third-order valence-corrected chi connectivity index (χ3v) is 4.33. The molecule has 0 aliphatic rings. The van der Waals surface area contributed by atoms with Gasteiger partial charge in [-0.1, -0.05) is 29.8 Å². The monoisotopic (exact) mass is 371 g/mol. The number of carboxylic acids is 1. The number of ether oxygens (including phenoxy) is 2. The van der Waals surface area contributed by atoms with E-state index in [4.69, 9.17) is 31.9 Å². The van der Waals surface area contributed by atoms with Crippen LogP contribution in [0.25, 0.3) is 10.8 Å². The van der Waals surface area contributed by atoms with Crippen LogP contribution in [-0.4, -0.2) is 24.2 Å². The van der Waals surface area contributed by atoms with Gasteiger partial charge in [-0.3, -0.25) is 4.79 Å². The topological polar surface area (TPSA) is 81.8 Å². The molecule has 6 heteroatoms. The molecule has 1 unspecified atom stereocenters. The molecule has 0 saturated heterocycles. The summed E-state index contributed by atoms with van der Waals surface area (Å²) in [7, 11) is 1.63. The average molecular weight is 372 g/mol. The molecule has 0 saturated carbocycles. The Bertz CT molecular complexity index is 958. The third kappa shape index (κ3) is 4.07. The van der Waals surface area contributed by atoms with Gasteiger partial charge in [0.15, 0.2) is 0 Å². The highest BCUT2D eigenvalue weighted by atomic mass is 35.5. The molecule has 0 amide bonds. The largest absolute Gasteiger partial charge is 0.497 e. The second-order valence-electron chi connectivity index (χ2n) is 5.89. The Hall–Kier alpha value is -2.76. The molecule has 0 aliphatic carbocycles. The van der Waals surface area contributed by atoms with Crippen molar-refractivity contribution in [2.24, 2.45) is 5.73 Å². The summed E-state index contributed by atoms with van der Waals surface area (Å²) < 4.78 is 11.1. The maximum absolute atomic E-state index is 10.9. The van der Waals surface area contributed by atoms with E-state index >= 15 is 0 Å². The molecular formula is C20H18ClNO4. The molecule has 26 heavy (non-hydrogen) atoms. The standard InChI is InChI=1S/C20H18ClNO4/c1-25-15-5-3-14-11-16(6-4-13(14)10-15)26-19-9-12(2-7-17(19)21)8-18(22)20(23)24/h2-7,9-11,18H,8,22H2,1H3,(H,23,24). The van der Waals surface area contributed by atoms with Crippen molar-refractivity contribution in [2.75, 3.05) is 7.11 Å². The van der Waals surface area contributed by atoms with Crippen LogP contribution in [-0.2, 0) is 11.2 Å². The molecule has 0 bridgehead atoms. The van der Waals surface area contributed by atoms with E-state index in [1.165, 1.54) is 0 Å². The second kappa shape index (κ2) is 7.64. The number of hydrogen-bond acceptors (Lipinski definition) is 4. The summed E-state index contributed by atoms with van der Waals surface area (Å²) in [5, 5.41) is 11.4. The lowest BCUT2D eigenvalue weighted by atomic mass is 10.1. The van der Waals surface area contributed by atoms with E-state index in [0.29, 0.717) is 16.5 Å². The highest BCUT2D eigenvalue weighted by molar-refractivity contribution is 6.32. The first-order valence-corrected chi connectivity index (χ1v) is 8.36. The number of carboxylic acid groups (broad SMARTS) is 1. The molecule has 0 aromatic heterocycles. The van der Waals surface area contributed by atoms with Crippen LogP contribution in [0.2, 0.25) is 5.02 Å². The molecule has 0 radical (unpaired) electrons. The van der Waals surface area contributed by atoms with Crippen LogP contribution in [0.1, 0.15) is 5.56 Å². The first kappa shape index (κ1) is 18.0. The SMILES string of the molecule is COc1ccc2cc(Oc3cc(CC(N)C(=O)O)ccc3Cl)ccc2c1. The van der Waals surface area contributed by atoms with E-state index in [-0.39, 0.29) is 6.42 Å². The molecule has 3 aromatic rings. The summed E-state index contributed by atoms with van der Waals surface area (Å²) in [6.45, 7) is 0. The maximum Gasteiger partial charge on any atom is 0.320 e. The van der Waals surface area contributed by atoms with Crippen molar-refractivity contribution in [1.82, 2.24) is 0 Å². The maximum atomic E-state index is 10.9. The van der Waals surface area contributed by atoms with E-state index < -0.39 is 12.0 Å². The highest BCUT2D eigenvalue weighted by Crippen LogP contribution is 2.32. The van der Waals surface area contributed by atoms with Gasteiger partial charge in [0.1, 0.15) is 23.3 Å². The van der Waals surface area contributed by atoms with Gasteiger partial charge in [-0.25, -0.2) is 0 Å². The van der Waals surface area contributed by atoms with Gasteiger partial charge in [0.05, 0.1) is 12.1 Å². The smallest absolute Gasteiger partial charge is 0.320 e. The van der Waals surface area contributed by atoms with E-state index in [9.17, 15) is 4.79 Å². The Labute approximate surface area is 155 Å². The number of halogens is 1. The average Bonchev–Trinajstić information content (AvgIpc) is 2.63. The summed E-state index contributed by atoms with van der Waals surface area (Å²) in [5.74, 6) is 0.822. The van der Waals surface area contributed by atoms with Crippen molar-refractivity contribution in [3.8, 4) is 17.2 Å². The molecule has 3 aromatic carbocycles. The van der Waals surface area contributed by atoms with Crippen molar-refractivity contribution in [2.45, 2.75) is 12.5 Å². The zero-order valence-electron chi connectivity index (χ0n) is 14.1. The van der Waals surface area contributed by atoms with Gasteiger partial charge in [0.25, 0.3) is 0 Å². The summed E-state index contributed by atoms with van der Waals surface area (Å²) in [6.07, 6.45) is 0.195. The minimum Gasteiger partial charge on any atom is -0.497 e. The number of carbonyl (C=O) groups is 1. The lowest BCUT2D eigenvalue weighted by molar-refractivity contribution is -0.138. The van der Waals surface area contributed by atoms with Crippen LogP contribution < -0.4 is 15.2 Å². The number of hydrogen-bond donors (Lipinski definition) is 2. The van der Waals surface area contributed by atoms with Crippen LogP contribution >= 0.6 is 11.6 Å². The number of methoxy groups -OCH3 is 1. The molecule has 3 rings (SSSR count). The van der Waals surface area contributed by atoms with Crippen LogP contribution in [0.5, 0.6) is 17.2 Å². The summed E-state index contributed by atoms with van der Waals surface area (Å²) in [5.41, 5.74) is 6.33. The van der Waals surface area contributed by atoms with Gasteiger partial charge in [-0.2, -0.15) is 0 Å². The number of benzene rings is 3. The second-order valence-corrected chi connectivity index (χ2v) is 6.30. The fourth-order valence-corrected chi connectivity index (χ4v) is 2.77. The van der Waals surface area contributed by atoms with Crippen molar-refractivity contribution < 1.29 is 19.4 Å². The van der Waals surface area contributed by atoms with E-state index in [0.717, 1.165) is 22.1 Å². The third-order valence-electron chi connectivity index (χ3n) is 4.02. The molecule has 0 spiro atoms. The molecule has 0 heterocycles. The predicted octanol–water partition coefficient (Wildman–Crippen LogP) is 4.25. The fraction of sp³-hybridized carbons (Fsp3) is 0.150. The molecule has 3 N–H and O–H groups in total. The number of fused-ring (bicyclic) bond motifs is 1. The quantitative estimate of drug-likeness (QED) is 0.677. The Kier molecular flexibility index (Phi) is 5.30. The van der Waals surface area contributed by atoms with Crippen molar-refractivity contribution in [3.05, 3.63) is 65.2 Å². The highest BCUT2D eigenvalue weighted by Gasteiger charge is 2.14. The summed E-state index contributed by atoms with van der Waals surface area (Å²) in [6, 6.07) is 15.6. The van der Waals surface area contributed by atoms with Gasteiger partial charge < -0.3 is 20.3 Å². The van der Waals surface area contributed by atoms with Crippen LogP contribution in [0.3, 0.4) is 0 Å². The number of aliphatic carboxylic acids is 1. The zero-order chi connectivity index (χ0) is 18.7. The Morgan fingerprint density at radius 1 is 1.08 bits per heavy atom. The first-order valence-electron chi connectivity index (χ1n) is 7.99. The zero-order valence-corrected chi connectivity index (χ0v) is 14.9. The Morgan fingerprint density at radius 2 is 1.73 bits per heavy atom. The molecule has 1 atom stereocenters. The fourth-order valence-electron chi connectivity index (χ4n) is 2.61. The molecule has 0 fully saturated rings. The lowest BCUT2D eigenvalue weighted by Gasteiger charge is -2.12. The van der Waals surface area contributed by atoms with Crippen molar-refractivity contribution in [3.63, 3.8) is 0 Å². The lowest BCUT2D eigenvalue weighted by Crippen LogP contribution is -2.32. The van der Waals surface area contributed by atoms with Gasteiger partial charge in [-0.15, -0.1) is 0 Å². The predicted molar refractivity (Wildman–Crippen MR) is 101 cm³/mol. The van der Waals surface area contributed by atoms with Gasteiger partial charge in [0.2, 0.25) is 0 Å². The van der Waals surface area contributed by atoms with Crippen LogP contribution in [0.15, 0.2) is 54.6 Å². The minimum absolute atomic E-state index is 0.195. The van der Waals surface area contributed by atoms with E-state index in [2.05, 4.69) is 0 Å². The minimum atomic E-state index is -1.05. The van der Waals surface area contributed by atoms with Crippen LogP contribution in [0, 0.1) is 0 Å². The Balaban J connectivity index is 1.85. The molecule has 5 nitrogen and oxygen atoms in total. The molecular weight excluding hydrogens is 354 g/mol. The van der Waals surface area contributed by atoms with E-state index in [1.807, 2.05) is 36.4 Å². The summed E-state index contributed by atoms with van der Waals surface area (Å²) in [4.78, 5) is 10.9. The van der Waals surface area contributed by atoms with Crippen molar-refractivity contribution in [1.29, 1.82) is 0 Å². The van der Waals surface area contributed by atoms with Gasteiger partial charge in [0, 0.05) is 0 Å². The summed E-state index contributed by atoms with van der Waals surface area (Å²) >= 11 is 6.21. The number of nitrogens with two attached hydrogens (primary N) is 1. The molecule has 134 valence electrons. The van der Waals surface area contributed by atoms with Gasteiger partial charge in [-0.05, 0) is 59.2 Å². The normalized spacial score (nSPS) is 12.0. The molecule has 0 aliphatic heterocycles. The Morgan fingerprint density at radius 3 is 2.38 bits per heavy atom. The first-order chi connectivity index (χ1) is 12.5. The van der Waals surface area contributed by atoms with Crippen LogP contribution in [0.4, 0.5) is 0 Å². The van der Waals surface area contributed by atoms with Crippen molar-refractivity contribution >= 4 is 28.3 Å². The van der Waals surface area contributed by atoms with E-state index in [1.54, 1.807) is 25.3 Å². The van der Waals surface area contributed by atoms with Gasteiger partial charge >= 0.3 is 5.97 Å². The number of rotatable bonds is 6.